The van der Waals surface area contributed by atoms with E-state index in [4.69, 9.17) is 19.6 Å². The first-order chi connectivity index (χ1) is 15.5. The van der Waals surface area contributed by atoms with Crippen molar-refractivity contribution in [3.63, 3.8) is 0 Å². The van der Waals surface area contributed by atoms with E-state index in [0.717, 1.165) is 13.1 Å². The minimum absolute atomic E-state index is 0.273. The molecular formula is C16H38N4O10P4. The smallest absolute Gasteiger partial charge is 0.335 e. The molecule has 0 aliphatic carbocycles. The lowest BCUT2D eigenvalue weighted by Crippen LogP contribution is -2.47. The second kappa shape index (κ2) is 12.9. The highest BCUT2D eigenvalue weighted by Gasteiger charge is 2.33. The molecule has 2 rings (SSSR count). The zero-order valence-electron chi connectivity index (χ0n) is 19.2. The molecule has 0 aromatic rings. The molecule has 0 spiro atoms. The van der Waals surface area contributed by atoms with Crippen LogP contribution in [0, 0.1) is 0 Å². The van der Waals surface area contributed by atoms with Gasteiger partial charge in [-0.1, -0.05) is 0 Å². The summed E-state index contributed by atoms with van der Waals surface area (Å²) in [4.78, 5) is 64.5. The van der Waals surface area contributed by atoms with Crippen molar-refractivity contribution in [1.29, 1.82) is 0 Å². The Balaban J connectivity index is 2.01. The van der Waals surface area contributed by atoms with Gasteiger partial charge in [0.2, 0.25) is 14.7 Å². The van der Waals surface area contributed by atoms with Gasteiger partial charge in [-0.3, -0.25) is 28.1 Å². The van der Waals surface area contributed by atoms with E-state index in [9.17, 15) is 28.0 Å². The van der Waals surface area contributed by atoms with E-state index in [1.165, 1.54) is 0 Å². The van der Waals surface area contributed by atoms with Crippen molar-refractivity contribution in [2.24, 2.45) is 0 Å². The summed E-state index contributed by atoms with van der Waals surface area (Å²) in [5, 5.41) is 0. The summed E-state index contributed by atoms with van der Waals surface area (Å²) < 4.78 is 47.1. The molecular weight excluding hydrogens is 532 g/mol. The fourth-order valence-corrected chi connectivity index (χ4v) is 11.5. The molecule has 34 heavy (non-hydrogen) atoms. The second-order valence-corrected chi connectivity index (χ2v) is 18.1. The van der Waals surface area contributed by atoms with E-state index in [1.807, 2.05) is 0 Å². The van der Waals surface area contributed by atoms with Crippen LogP contribution in [0.25, 0.3) is 0 Å². The van der Waals surface area contributed by atoms with Gasteiger partial charge in [0.1, 0.15) is 11.8 Å². The molecule has 202 valence electrons. The summed E-state index contributed by atoms with van der Waals surface area (Å²) in [6.07, 6.45) is 0.801. The van der Waals surface area contributed by atoms with Crippen LogP contribution in [0.4, 0.5) is 0 Å². The standard InChI is InChI=1S/C16H38N4O10P4/c21-31(22,15-33(25,26)27)13-19-5-1-3-17-7-8-18(10-11-19)4-2-6-20(12-9-17)14-32(23,24)16-34(28,29)30/h1-16H2,(H,21,22)(H,23,24)(H2,25,26,27)(H2,28,29,30). The molecule has 6 N–H and O–H groups in total. The zero-order chi connectivity index (χ0) is 25.6. The summed E-state index contributed by atoms with van der Waals surface area (Å²) in [5.74, 6) is -2.06. The molecule has 2 aliphatic rings. The molecule has 0 amide bonds. The molecule has 18 heteroatoms. The van der Waals surface area contributed by atoms with Gasteiger partial charge >= 0.3 is 15.2 Å². The first-order valence-electron chi connectivity index (χ1n) is 11.1. The van der Waals surface area contributed by atoms with E-state index in [2.05, 4.69) is 9.80 Å². The highest BCUT2D eigenvalue weighted by molar-refractivity contribution is 7.73. The van der Waals surface area contributed by atoms with E-state index in [1.54, 1.807) is 9.80 Å². The van der Waals surface area contributed by atoms with Gasteiger partial charge in [0, 0.05) is 39.3 Å². The molecule has 2 aliphatic heterocycles. The first-order valence-corrected chi connectivity index (χ1v) is 18.8. The van der Waals surface area contributed by atoms with Crippen LogP contribution < -0.4 is 0 Å². The minimum Gasteiger partial charge on any atom is -0.343 e. The molecule has 2 heterocycles. The van der Waals surface area contributed by atoms with Crippen molar-refractivity contribution >= 4 is 29.9 Å². The lowest BCUT2D eigenvalue weighted by Gasteiger charge is -2.36. The molecule has 2 fully saturated rings. The van der Waals surface area contributed by atoms with Crippen molar-refractivity contribution in [3.8, 4) is 0 Å². The Bertz CT molecular complexity index is 784. The van der Waals surface area contributed by atoms with Gasteiger partial charge < -0.3 is 39.2 Å². The highest BCUT2D eigenvalue weighted by Crippen LogP contribution is 2.55. The first kappa shape index (κ1) is 30.7. The molecule has 0 saturated carbocycles. The summed E-state index contributed by atoms with van der Waals surface area (Å²) in [5.41, 5.74) is 0. The molecule has 14 nitrogen and oxygen atoms in total. The van der Waals surface area contributed by atoms with Gasteiger partial charge in [0.15, 0.2) is 0 Å². The van der Waals surface area contributed by atoms with Crippen LogP contribution in [0.15, 0.2) is 0 Å². The fourth-order valence-electron chi connectivity index (χ4n) is 4.35. The van der Waals surface area contributed by atoms with Crippen LogP contribution in [0.2, 0.25) is 0 Å². The Kier molecular flexibility index (Phi) is 11.6. The lowest BCUT2D eigenvalue weighted by atomic mass is 10.2. The maximum atomic E-state index is 12.4. The molecule has 0 radical (unpaired) electrons. The molecule has 2 saturated heterocycles. The summed E-state index contributed by atoms with van der Waals surface area (Å²) in [6.45, 7) is 6.04. The van der Waals surface area contributed by atoms with Crippen LogP contribution in [0.3, 0.4) is 0 Å². The zero-order valence-corrected chi connectivity index (χ0v) is 22.8. The maximum Gasteiger partial charge on any atom is 0.335 e. The summed E-state index contributed by atoms with van der Waals surface area (Å²) in [6, 6.07) is 0. The maximum absolute atomic E-state index is 12.4. The van der Waals surface area contributed by atoms with Crippen LogP contribution >= 0.6 is 29.9 Å². The largest absolute Gasteiger partial charge is 0.343 e. The third-order valence-electron chi connectivity index (χ3n) is 5.75. The molecule has 4 unspecified atom stereocenters. The Morgan fingerprint density at radius 3 is 1.12 bits per heavy atom. The molecule has 0 aromatic carbocycles. The Labute approximate surface area is 200 Å². The number of hydrogen-bond donors (Lipinski definition) is 6. The second-order valence-electron chi connectivity index (χ2n) is 9.21. The van der Waals surface area contributed by atoms with E-state index < -0.39 is 41.7 Å². The number of fused-ring (bicyclic) bond motifs is 3. The number of nitrogens with zero attached hydrogens (tertiary/aromatic N) is 4. The van der Waals surface area contributed by atoms with Crippen LogP contribution in [0.1, 0.15) is 12.8 Å². The molecule has 4 atom stereocenters. The fraction of sp³-hybridized carbons (Fsp3) is 1.00. The predicted octanol–water partition coefficient (Wildman–Crippen LogP) is -0.272. The van der Waals surface area contributed by atoms with Crippen molar-refractivity contribution in [3.05, 3.63) is 0 Å². The third kappa shape index (κ3) is 13.2. The average molecular weight is 570 g/mol. The average Bonchev–Trinajstić information content (AvgIpc) is 2.61. The normalized spacial score (nSPS) is 28.6. The van der Waals surface area contributed by atoms with E-state index in [0.29, 0.717) is 65.2 Å². The Hall–Kier alpha value is 0.520. The van der Waals surface area contributed by atoms with Crippen LogP contribution in [-0.2, 0) is 18.3 Å². The Morgan fingerprint density at radius 1 is 0.471 bits per heavy atom. The number of hydrogen-bond acceptors (Lipinski definition) is 8. The predicted molar refractivity (Wildman–Crippen MR) is 128 cm³/mol. The third-order valence-corrected chi connectivity index (χ3v) is 13.9. The van der Waals surface area contributed by atoms with Crippen molar-refractivity contribution in [2.75, 3.05) is 89.8 Å². The van der Waals surface area contributed by atoms with Gasteiger partial charge in [-0.25, -0.2) is 0 Å². The van der Waals surface area contributed by atoms with Crippen molar-refractivity contribution < 1.29 is 47.6 Å². The van der Waals surface area contributed by atoms with Gasteiger partial charge in [0.05, 0.1) is 12.6 Å². The van der Waals surface area contributed by atoms with Crippen molar-refractivity contribution in [1.82, 2.24) is 19.6 Å². The quantitative estimate of drug-likeness (QED) is 0.208. The summed E-state index contributed by atoms with van der Waals surface area (Å²) in [7, 11) is -17.2. The van der Waals surface area contributed by atoms with E-state index in [-0.39, 0.29) is 12.6 Å². The summed E-state index contributed by atoms with van der Waals surface area (Å²) >= 11 is 0. The van der Waals surface area contributed by atoms with Crippen molar-refractivity contribution in [2.45, 2.75) is 12.8 Å². The van der Waals surface area contributed by atoms with Crippen LogP contribution in [0.5, 0.6) is 0 Å². The monoisotopic (exact) mass is 570 g/mol. The number of rotatable bonds is 8. The minimum atomic E-state index is -4.60. The van der Waals surface area contributed by atoms with Gasteiger partial charge in [-0.15, -0.1) is 0 Å². The Morgan fingerprint density at radius 2 is 0.794 bits per heavy atom. The highest BCUT2D eigenvalue weighted by atomic mass is 31.2. The van der Waals surface area contributed by atoms with Gasteiger partial charge in [-0.2, -0.15) is 0 Å². The SMILES string of the molecule is O=P(O)(O)CP(=O)(O)CN1CCCN2CCN(CCCN(CP(=O)(O)CP(=O)(O)O)CC2)CC1. The van der Waals surface area contributed by atoms with Gasteiger partial charge in [-0.05, 0) is 39.0 Å². The lowest BCUT2D eigenvalue weighted by molar-refractivity contribution is 0.129. The molecule has 2 bridgehead atoms. The van der Waals surface area contributed by atoms with E-state index >= 15 is 0 Å². The van der Waals surface area contributed by atoms with Crippen LogP contribution in [-0.4, -0.2) is 139 Å². The topological polar surface area (TPSA) is 203 Å². The van der Waals surface area contributed by atoms with Gasteiger partial charge in [0.25, 0.3) is 0 Å². The molecule has 0 aromatic heterocycles.